The fraction of sp³-hybridized carbons (Fsp3) is 0.440. The van der Waals surface area contributed by atoms with Gasteiger partial charge in [-0.3, -0.25) is 9.20 Å². The van der Waals surface area contributed by atoms with Crippen molar-refractivity contribution in [1.82, 2.24) is 24.8 Å². The number of hydrogen-bond acceptors (Lipinski definition) is 7. The minimum Gasteiger partial charge on any atom is -0.445 e. The van der Waals surface area contributed by atoms with E-state index >= 15 is 0 Å². The standard InChI is InChI=1S/C25H31FN6O4/c1-25(2,27)23(33)28-20(16-35-14-17-6-4-3-5-7-17)22-30-29-21-12-18(8-11-32(21)22)15-36-24(34)31-10-9-19(26)13-31/h3-8,11-12,19-20H,9-10,13-16,27H2,1-2H3,(H,28,33)/t19-,20-/m1/s1. The highest BCUT2D eigenvalue weighted by molar-refractivity contribution is 5.85. The molecule has 3 N–H and O–H groups in total. The van der Waals surface area contributed by atoms with Crippen molar-refractivity contribution in [2.24, 2.45) is 5.73 Å². The molecule has 1 aliphatic heterocycles. The number of ether oxygens (including phenoxy) is 2. The van der Waals surface area contributed by atoms with E-state index < -0.39 is 23.8 Å². The van der Waals surface area contributed by atoms with Crippen molar-refractivity contribution < 1.29 is 23.5 Å². The molecule has 4 rings (SSSR count). The van der Waals surface area contributed by atoms with Crippen LogP contribution in [0.4, 0.5) is 9.18 Å². The topological polar surface area (TPSA) is 124 Å². The van der Waals surface area contributed by atoms with Crippen LogP contribution in [0.1, 0.15) is 43.3 Å². The van der Waals surface area contributed by atoms with Gasteiger partial charge in [0.05, 0.1) is 25.3 Å². The number of nitrogens with zero attached hydrogens (tertiary/aromatic N) is 4. The molecule has 2 aromatic heterocycles. The number of nitrogens with two attached hydrogens (primary N) is 1. The second-order valence-corrected chi connectivity index (χ2v) is 9.46. The summed E-state index contributed by atoms with van der Waals surface area (Å²) in [5.74, 6) is 0.124. The SMILES string of the molecule is CC(C)(N)C(=O)N[C@H](COCc1ccccc1)c1nnc2cc(COC(=O)N3CC[C@@H](F)C3)ccn12. The molecule has 1 fully saturated rings. The van der Waals surface area contributed by atoms with Gasteiger partial charge in [0.1, 0.15) is 18.8 Å². The van der Waals surface area contributed by atoms with E-state index in [1.807, 2.05) is 30.3 Å². The molecule has 11 heteroatoms. The molecule has 3 heterocycles. The molecular weight excluding hydrogens is 467 g/mol. The second-order valence-electron chi connectivity index (χ2n) is 9.46. The van der Waals surface area contributed by atoms with Crippen molar-refractivity contribution >= 4 is 17.6 Å². The Morgan fingerprint density at radius 2 is 1.97 bits per heavy atom. The predicted octanol–water partition coefficient (Wildman–Crippen LogP) is 2.52. The van der Waals surface area contributed by atoms with Gasteiger partial charge in [0.2, 0.25) is 5.91 Å². The number of nitrogens with one attached hydrogen (secondary N) is 1. The zero-order valence-corrected chi connectivity index (χ0v) is 20.4. The van der Waals surface area contributed by atoms with E-state index in [4.69, 9.17) is 15.2 Å². The Labute approximate surface area is 208 Å². The molecule has 2 atom stereocenters. The lowest BCUT2D eigenvalue weighted by atomic mass is 10.1. The third-order valence-corrected chi connectivity index (χ3v) is 5.85. The van der Waals surface area contributed by atoms with Crippen molar-refractivity contribution in [2.75, 3.05) is 19.7 Å². The zero-order valence-electron chi connectivity index (χ0n) is 20.4. The van der Waals surface area contributed by atoms with E-state index in [1.54, 1.807) is 36.6 Å². The van der Waals surface area contributed by atoms with Crippen LogP contribution in [-0.2, 0) is 27.5 Å². The van der Waals surface area contributed by atoms with Crippen molar-refractivity contribution in [1.29, 1.82) is 0 Å². The first-order valence-corrected chi connectivity index (χ1v) is 11.8. The van der Waals surface area contributed by atoms with E-state index in [2.05, 4.69) is 15.5 Å². The molecule has 1 aliphatic rings. The van der Waals surface area contributed by atoms with Crippen LogP contribution in [0.2, 0.25) is 0 Å². The third-order valence-electron chi connectivity index (χ3n) is 5.85. The van der Waals surface area contributed by atoms with Crippen LogP contribution in [0.25, 0.3) is 5.65 Å². The Morgan fingerprint density at radius 1 is 1.19 bits per heavy atom. The number of rotatable bonds is 9. The molecule has 1 aromatic carbocycles. The van der Waals surface area contributed by atoms with Gasteiger partial charge in [0, 0.05) is 12.7 Å². The number of pyridine rings is 1. The third kappa shape index (κ3) is 6.35. The number of benzene rings is 1. The fourth-order valence-corrected chi connectivity index (χ4v) is 3.79. The Kier molecular flexibility index (Phi) is 7.80. The van der Waals surface area contributed by atoms with Crippen LogP contribution in [-0.4, -0.2) is 62.9 Å². The summed E-state index contributed by atoms with van der Waals surface area (Å²) in [7, 11) is 0. The van der Waals surface area contributed by atoms with Gasteiger partial charge in [-0.2, -0.15) is 0 Å². The first-order chi connectivity index (χ1) is 17.2. The van der Waals surface area contributed by atoms with E-state index in [-0.39, 0.29) is 25.7 Å². The summed E-state index contributed by atoms with van der Waals surface area (Å²) < 4.78 is 26.3. The van der Waals surface area contributed by atoms with Gasteiger partial charge < -0.3 is 25.4 Å². The minimum absolute atomic E-state index is 0.0205. The predicted molar refractivity (Wildman–Crippen MR) is 130 cm³/mol. The summed E-state index contributed by atoms with van der Waals surface area (Å²) in [5.41, 5.74) is 7.11. The number of likely N-dealkylation sites (tertiary alicyclic amines) is 1. The monoisotopic (exact) mass is 498 g/mol. The fourth-order valence-electron chi connectivity index (χ4n) is 3.79. The highest BCUT2D eigenvalue weighted by Crippen LogP contribution is 2.18. The maximum absolute atomic E-state index is 13.3. The van der Waals surface area contributed by atoms with Crippen LogP contribution in [0.5, 0.6) is 0 Å². The molecule has 1 saturated heterocycles. The first-order valence-electron chi connectivity index (χ1n) is 11.8. The molecular formula is C25H31FN6O4. The molecule has 0 spiro atoms. The number of fused-ring (bicyclic) bond motifs is 1. The number of aromatic nitrogens is 3. The van der Waals surface area contributed by atoms with Gasteiger partial charge in [-0.15, -0.1) is 10.2 Å². The smallest absolute Gasteiger partial charge is 0.410 e. The van der Waals surface area contributed by atoms with Gasteiger partial charge in [-0.1, -0.05) is 30.3 Å². The van der Waals surface area contributed by atoms with Crippen LogP contribution in [0.3, 0.4) is 0 Å². The molecule has 0 saturated carbocycles. The molecule has 0 bridgehead atoms. The molecule has 10 nitrogen and oxygen atoms in total. The van der Waals surface area contributed by atoms with E-state index in [0.29, 0.717) is 36.6 Å². The number of alkyl halides is 1. The zero-order chi connectivity index (χ0) is 25.7. The Bertz CT molecular complexity index is 1200. The summed E-state index contributed by atoms with van der Waals surface area (Å²) in [6.07, 6.45) is 0.529. The molecule has 0 unspecified atom stereocenters. The van der Waals surface area contributed by atoms with E-state index in [1.165, 1.54) is 4.90 Å². The lowest BCUT2D eigenvalue weighted by molar-refractivity contribution is -0.126. The summed E-state index contributed by atoms with van der Waals surface area (Å²) in [6.45, 7) is 4.20. The lowest BCUT2D eigenvalue weighted by Crippen LogP contribution is -2.50. The van der Waals surface area contributed by atoms with Gasteiger partial charge in [-0.05, 0) is 43.5 Å². The number of halogens is 1. The van der Waals surface area contributed by atoms with Gasteiger partial charge in [-0.25, -0.2) is 9.18 Å². The van der Waals surface area contributed by atoms with Crippen LogP contribution < -0.4 is 11.1 Å². The molecule has 2 amide bonds. The largest absolute Gasteiger partial charge is 0.445 e. The Balaban J connectivity index is 1.46. The van der Waals surface area contributed by atoms with Crippen LogP contribution in [0.15, 0.2) is 48.7 Å². The van der Waals surface area contributed by atoms with Crippen LogP contribution in [0, 0.1) is 0 Å². The maximum atomic E-state index is 13.3. The Hall–Kier alpha value is -3.57. The Morgan fingerprint density at radius 3 is 2.67 bits per heavy atom. The van der Waals surface area contributed by atoms with Crippen molar-refractivity contribution in [3.05, 3.63) is 65.6 Å². The van der Waals surface area contributed by atoms with Crippen LogP contribution >= 0.6 is 0 Å². The number of hydrogen-bond donors (Lipinski definition) is 2. The van der Waals surface area contributed by atoms with Gasteiger partial charge in [0.15, 0.2) is 11.5 Å². The van der Waals surface area contributed by atoms with Gasteiger partial charge >= 0.3 is 6.09 Å². The first kappa shape index (κ1) is 25.5. The molecule has 0 radical (unpaired) electrons. The number of amides is 2. The summed E-state index contributed by atoms with van der Waals surface area (Å²) >= 11 is 0. The highest BCUT2D eigenvalue weighted by Gasteiger charge is 2.29. The minimum atomic E-state index is -1.09. The van der Waals surface area contributed by atoms with Crippen molar-refractivity contribution in [3.63, 3.8) is 0 Å². The van der Waals surface area contributed by atoms with Crippen molar-refractivity contribution in [3.8, 4) is 0 Å². The van der Waals surface area contributed by atoms with E-state index in [0.717, 1.165) is 5.56 Å². The quantitative estimate of drug-likeness (QED) is 0.465. The summed E-state index contributed by atoms with van der Waals surface area (Å²) in [4.78, 5) is 26.2. The van der Waals surface area contributed by atoms with Gasteiger partial charge in [0.25, 0.3) is 0 Å². The van der Waals surface area contributed by atoms with Crippen molar-refractivity contribution in [2.45, 2.75) is 51.2 Å². The van der Waals surface area contributed by atoms with E-state index in [9.17, 15) is 14.0 Å². The normalized spacial score (nSPS) is 16.8. The average molecular weight is 499 g/mol. The molecule has 192 valence electrons. The molecule has 3 aromatic rings. The molecule has 36 heavy (non-hydrogen) atoms. The molecule has 0 aliphatic carbocycles. The lowest BCUT2D eigenvalue weighted by Gasteiger charge is -2.23. The average Bonchev–Trinajstić information content (AvgIpc) is 3.48. The number of carbonyl (C=O) groups excluding carboxylic acids is 2. The maximum Gasteiger partial charge on any atom is 0.410 e. The summed E-state index contributed by atoms with van der Waals surface area (Å²) in [5, 5.41) is 11.4. The highest BCUT2D eigenvalue weighted by atomic mass is 19.1. The number of carbonyl (C=O) groups is 2. The summed E-state index contributed by atoms with van der Waals surface area (Å²) in [6, 6.07) is 12.6. The second kappa shape index (κ2) is 11.0.